The highest BCUT2D eigenvalue weighted by atomic mass is 19.3. The molecule has 0 saturated carbocycles. The molecular weight excluding hydrogens is 246 g/mol. The number of rotatable bonds is 6. The van der Waals surface area contributed by atoms with E-state index in [1.165, 1.54) is 0 Å². The monoisotopic (exact) mass is 270 g/mol. The zero-order valence-electron chi connectivity index (χ0n) is 12.2. The summed E-state index contributed by atoms with van der Waals surface area (Å²) in [6, 6.07) is 0.159. The molecule has 0 unspecified atom stereocenters. The predicted octanol–water partition coefficient (Wildman–Crippen LogP) is 3.69. The maximum atomic E-state index is 13.2. The van der Waals surface area contributed by atoms with Crippen LogP contribution in [0.2, 0.25) is 0 Å². The Morgan fingerprint density at radius 1 is 1.53 bits per heavy atom. The zero-order chi connectivity index (χ0) is 14.5. The van der Waals surface area contributed by atoms with Gasteiger partial charge in [-0.15, -0.1) is 0 Å². The number of nitrogens with one attached hydrogen (secondary N) is 1. The van der Waals surface area contributed by atoms with E-state index in [-0.39, 0.29) is 6.04 Å². The summed E-state index contributed by atoms with van der Waals surface area (Å²) in [4.78, 5) is 2.13. The van der Waals surface area contributed by atoms with Gasteiger partial charge in [0.1, 0.15) is 0 Å². The molecule has 1 aliphatic rings. The van der Waals surface area contributed by atoms with Gasteiger partial charge in [-0.3, -0.25) is 0 Å². The van der Waals surface area contributed by atoms with Gasteiger partial charge in [0.05, 0.1) is 12.7 Å². The molecular formula is C15H24F2N2. The summed E-state index contributed by atoms with van der Waals surface area (Å²) in [5.41, 5.74) is 1.82. The molecule has 0 amide bonds. The van der Waals surface area contributed by atoms with Crippen LogP contribution in [0.15, 0.2) is 35.6 Å². The van der Waals surface area contributed by atoms with Crippen molar-refractivity contribution in [1.29, 1.82) is 0 Å². The van der Waals surface area contributed by atoms with Crippen molar-refractivity contribution in [1.82, 2.24) is 10.2 Å². The summed E-state index contributed by atoms with van der Waals surface area (Å²) < 4.78 is 26.3. The third kappa shape index (κ3) is 4.78. The molecule has 19 heavy (non-hydrogen) atoms. The predicted molar refractivity (Wildman–Crippen MR) is 76.1 cm³/mol. The summed E-state index contributed by atoms with van der Waals surface area (Å²) in [6.07, 6.45) is 8.62. The normalized spacial score (nSPS) is 22.3. The first-order valence-corrected chi connectivity index (χ1v) is 6.75. The Labute approximate surface area is 114 Å². The molecule has 0 fully saturated rings. The zero-order valence-corrected chi connectivity index (χ0v) is 12.2. The molecule has 0 saturated heterocycles. The molecule has 4 heteroatoms. The van der Waals surface area contributed by atoms with Crippen LogP contribution in [0.3, 0.4) is 0 Å². The molecule has 1 rings (SSSR count). The van der Waals surface area contributed by atoms with Crippen molar-refractivity contribution in [3.8, 4) is 0 Å². The van der Waals surface area contributed by atoms with Crippen molar-refractivity contribution in [2.45, 2.75) is 45.6 Å². The minimum Gasteiger partial charge on any atom is -0.358 e. The van der Waals surface area contributed by atoms with Gasteiger partial charge in [0.2, 0.25) is 0 Å². The molecule has 1 aliphatic carbocycles. The van der Waals surface area contributed by atoms with Crippen LogP contribution in [-0.2, 0) is 0 Å². The van der Waals surface area contributed by atoms with Crippen molar-refractivity contribution in [2.75, 3.05) is 13.7 Å². The van der Waals surface area contributed by atoms with Gasteiger partial charge in [0.15, 0.2) is 0 Å². The average molecular weight is 270 g/mol. The van der Waals surface area contributed by atoms with Crippen molar-refractivity contribution in [3.05, 3.63) is 35.6 Å². The Hall–Kier alpha value is -1.16. The number of hydrogen-bond acceptors (Lipinski definition) is 2. The fourth-order valence-electron chi connectivity index (χ4n) is 2.42. The number of alkyl halides is 2. The molecule has 0 aliphatic heterocycles. The van der Waals surface area contributed by atoms with E-state index in [1.54, 1.807) is 0 Å². The third-order valence-electron chi connectivity index (χ3n) is 3.15. The van der Waals surface area contributed by atoms with Crippen molar-refractivity contribution in [3.63, 3.8) is 0 Å². The Morgan fingerprint density at radius 2 is 2.21 bits per heavy atom. The van der Waals surface area contributed by atoms with E-state index in [2.05, 4.69) is 16.3 Å². The molecule has 0 aromatic carbocycles. The van der Waals surface area contributed by atoms with Crippen LogP contribution >= 0.6 is 0 Å². The first-order valence-electron chi connectivity index (χ1n) is 6.75. The van der Waals surface area contributed by atoms with Gasteiger partial charge in [-0.1, -0.05) is 19.1 Å². The molecule has 1 atom stereocenters. The van der Waals surface area contributed by atoms with E-state index in [0.29, 0.717) is 13.1 Å². The number of nitrogens with zero attached hydrogens (tertiary/aromatic N) is 1. The lowest BCUT2D eigenvalue weighted by Gasteiger charge is -2.26. The van der Waals surface area contributed by atoms with Gasteiger partial charge in [-0.05, 0) is 50.2 Å². The first kappa shape index (κ1) is 15.9. The van der Waals surface area contributed by atoms with Crippen LogP contribution in [-0.4, -0.2) is 30.6 Å². The number of hydrogen-bond donors (Lipinski definition) is 1. The van der Waals surface area contributed by atoms with Crippen molar-refractivity contribution in [2.24, 2.45) is 0 Å². The van der Waals surface area contributed by atoms with Gasteiger partial charge >= 0.3 is 0 Å². The van der Waals surface area contributed by atoms with Gasteiger partial charge in [0.25, 0.3) is 5.92 Å². The highest BCUT2D eigenvalue weighted by Gasteiger charge is 2.27. The van der Waals surface area contributed by atoms with Crippen LogP contribution in [0.1, 0.15) is 33.6 Å². The fourth-order valence-corrected chi connectivity index (χ4v) is 2.42. The quantitative estimate of drug-likeness (QED) is 0.741. The average Bonchev–Trinajstić information content (AvgIpc) is 2.69. The summed E-state index contributed by atoms with van der Waals surface area (Å²) in [6.45, 7) is 5.61. The lowest BCUT2D eigenvalue weighted by molar-refractivity contribution is 0.0764. The second-order valence-electron chi connectivity index (χ2n) is 4.95. The van der Waals surface area contributed by atoms with Crippen LogP contribution in [0.25, 0.3) is 0 Å². The molecule has 2 nitrogen and oxygen atoms in total. The van der Waals surface area contributed by atoms with E-state index in [1.807, 2.05) is 33.2 Å². The minimum absolute atomic E-state index is 0.159. The number of allylic oxidation sites excluding steroid dienone is 3. The lowest BCUT2D eigenvalue weighted by atomic mass is 10.0. The van der Waals surface area contributed by atoms with Crippen LogP contribution in [0, 0.1) is 0 Å². The summed E-state index contributed by atoms with van der Waals surface area (Å²) in [5.74, 6) is -2.74. The largest absolute Gasteiger partial charge is 0.358 e. The molecule has 0 bridgehead atoms. The van der Waals surface area contributed by atoms with Gasteiger partial charge in [-0.25, -0.2) is 8.78 Å². The van der Waals surface area contributed by atoms with Crippen LogP contribution in [0.4, 0.5) is 8.78 Å². The van der Waals surface area contributed by atoms with Crippen molar-refractivity contribution < 1.29 is 8.78 Å². The molecule has 0 radical (unpaired) electrons. The maximum absolute atomic E-state index is 13.2. The van der Waals surface area contributed by atoms with E-state index in [9.17, 15) is 8.78 Å². The Balaban J connectivity index is 2.91. The maximum Gasteiger partial charge on any atom is 0.264 e. The third-order valence-corrected chi connectivity index (χ3v) is 3.15. The summed E-state index contributed by atoms with van der Waals surface area (Å²) in [5, 5.41) is 3.10. The highest BCUT2D eigenvalue weighted by Crippen LogP contribution is 2.33. The van der Waals surface area contributed by atoms with Crippen LogP contribution in [0.5, 0.6) is 0 Å². The van der Waals surface area contributed by atoms with E-state index < -0.39 is 5.92 Å². The Kier molecular flexibility index (Phi) is 5.73. The van der Waals surface area contributed by atoms with E-state index in [4.69, 9.17) is 0 Å². The Morgan fingerprint density at radius 3 is 2.68 bits per heavy atom. The second kappa shape index (κ2) is 6.85. The van der Waals surface area contributed by atoms with Crippen LogP contribution < -0.4 is 5.32 Å². The highest BCUT2D eigenvalue weighted by molar-refractivity contribution is 5.40. The molecule has 0 aromatic rings. The second-order valence-corrected chi connectivity index (χ2v) is 4.95. The van der Waals surface area contributed by atoms with Gasteiger partial charge in [-0.2, -0.15) is 0 Å². The topological polar surface area (TPSA) is 15.3 Å². The minimum atomic E-state index is -2.74. The van der Waals surface area contributed by atoms with Gasteiger partial charge < -0.3 is 10.2 Å². The smallest absolute Gasteiger partial charge is 0.264 e. The Bertz CT molecular complexity index is 378. The number of halogens is 2. The van der Waals surface area contributed by atoms with E-state index >= 15 is 0 Å². The standard InChI is InChI=1S/C15H24F2N2/c1-5-7-19(11-18-4)14-8-12(6-2)13(9-14)10-15(3,16)17/h5,7-8,10,14,18H,6,9,11H2,1-4H3/b7-5+,13-10-/t14-/m0/s1. The van der Waals surface area contributed by atoms with Gasteiger partial charge in [0, 0.05) is 6.92 Å². The van der Waals surface area contributed by atoms with Crippen molar-refractivity contribution >= 4 is 0 Å². The lowest BCUT2D eigenvalue weighted by Crippen LogP contribution is -2.34. The molecule has 108 valence electrons. The van der Waals surface area contributed by atoms with E-state index in [0.717, 1.165) is 30.6 Å². The first-order chi connectivity index (χ1) is 8.91. The SMILES string of the molecule is C/C=C/N(CNC)[C@H]1C=C(CC)/C(=C\C(C)(F)F)C1. The molecule has 0 spiro atoms. The summed E-state index contributed by atoms with van der Waals surface area (Å²) >= 11 is 0. The summed E-state index contributed by atoms with van der Waals surface area (Å²) in [7, 11) is 1.88. The fraction of sp³-hybridized carbons (Fsp3) is 0.600. The molecule has 0 aromatic heterocycles. The molecule has 1 N–H and O–H groups in total. The molecule has 0 heterocycles.